The van der Waals surface area contributed by atoms with Crippen molar-refractivity contribution in [2.24, 2.45) is 0 Å². The molecule has 2 heterocycles. The number of carbonyl (C=O) groups excluding carboxylic acids is 2. The van der Waals surface area contributed by atoms with E-state index in [4.69, 9.17) is 9.16 Å². The Morgan fingerprint density at radius 1 is 1.38 bits per heavy atom. The van der Waals surface area contributed by atoms with E-state index in [1.54, 1.807) is 0 Å². The van der Waals surface area contributed by atoms with E-state index < -0.39 is 14.0 Å². The van der Waals surface area contributed by atoms with Crippen LogP contribution in [0.1, 0.15) is 33.6 Å². The monoisotopic (exact) mass is 314 g/mol. The molecule has 21 heavy (non-hydrogen) atoms. The molecular formula is C14H26N2O4Si. The zero-order chi connectivity index (χ0) is 15.9. The number of carbonyl (C=O) groups is 2. The summed E-state index contributed by atoms with van der Waals surface area (Å²) in [5.74, 6) is -0.461. The lowest BCUT2D eigenvalue weighted by atomic mass is 10.1. The molecule has 0 saturated carbocycles. The van der Waals surface area contributed by atoms with Crippen LogP contribution in [-0.2, 0) is 18.8 Å². The molecule has 2 aliphatic heterocycles. The van der Waals surface area contributed by atoms with Gasteiger partial charge in [-0.25, -0.2) is 0 Å². The predicted molar refractivity (Wildman–Crippen MR) is 81.1 cm³/mol. The molecular weight excluding hydrogens is 288 g/mol. The predicted octanol–water partition coefficient (Wildman–Crippen LogP) is 1.13. The van der Waals surface area contributed by atoms with Crippen molar-refractivity contribution in [2.75, 3.05) is 13.2 Å². The average molecular weight is 314 g/mol. The third-order valence-electron chi connectivity index (χ3n) is 4.74. The lowest BCUT2D eigenvalue weighted by Crippen LogP contribution is -2.65. The maximum atomic E-state index is 12.0. The van der Waals surface area contributed by atoms with Crippen LogP contribution in [0.25, 0.3) is 0 Å². The summed E-state index contributed by atoms with van der Waals surface area (Å²) in [6.45, 7) is 11.4. The molecule has 2 saturated heterocycles. The van der Waals surface area contributed by atoms with E-state index in [1.165, 1.54) is 0 Å². The first-order valence-electron chi connectivity index (χ1n) is 7.47. The molecule has 120 valence electrons. The van der Waals surface area contributed by atoms with E-state index in [0.29, 0.717) is 19.4 Å². The summed E-state index contributed by atoms with van der Waals surface area (Å²) in [6.07, 6.45) is 1.06. The van der Waals surface area contributed by atoms with Crippen LogP contribution in [0.15, 0.2) is 0 Å². The smallest absolute Gasteiger partial charge is 0.273 e. The van der Waals surface area contributed by atoms with Gasteiger partial charge in [-0.15, -0.1) is 0 Å². The van der Waals surface area contributed by atoms with Crippen LogP contribution >= 0.6 is 0 Å². The number of ether oxygens (including phenoxy) is 1. The van der Waals surface area contributed by atoms with Gasteiger partial charge in [-0.2, -0.15) is 0 Å². The molecule has 7 heteroatoms. The second-order valence-electron chi connectivity index (χ2n) is 7.41. The fraction of sp³-hybridized carbons (Fsp3) is 0.857. The summed E-state index contributed by atoms with van der Waals surface area (Å²) in [5.41, 5.74) is -1.18. The average Bonchev–Trinajstić information content (AvgIpc) is 2.75. The highest BCUT2D eigenvalue weighted by molar-refractivity contribution is 6.74. The van der Waals surface area contributed by atoms with Gasteiger partial charge in [-0.3, -0.25) is 9.59 Å². The molecule has 0 bridgehead atoms. The van der Waals surface area contributed by atoms with Crippen molar-refractivity contribution in [2.45, 2.75) is 63.6 Å². The minimum Gasteiger partial charge on any atom is -0.414 e. The van der Waals surface area contributed by atoms with Crippen LogP contribution in [0.2, 0.25) is 18.1 Å². The summed E-state index contributed by atoms with van der Waals surface area (Å²) in [7, 11) is -1.83. The first kappa shape index (κ1) is 16.4. The van der Waals surface area contributed by atoms with Crippen LogP contribution < -0.4 is 10.6 Å². The molecule has 1 spiro atoms. The molecule has 0 aromatic carbocycles. The summed E-state index contributed by atoms with van der Waals surface area (Å²) in [4.78, 5) is 23.5. The van der Waals surface area contributed by atoms with Crippen molar-refractivity contribution < 1.29 is 18.8 Å². The number of amides is 2. The molecule has 2 rings (SSSR count). The molecule has 0 radical (unpaired) electrons. The molecule has 6 nitrogen and oxygen atoms in total. The van der Waals surface area contributed by atoms with Gasteiger partial charge in [-0.1, -0.05) is 20.8 Å². The zero-order valence-electron chi connectivity index (χ0n) is 13.5. The lowest BCUT2D eigenvalue weighted by molar-refractivity contribution is -0.162. The van der Waals surface area contributed by atoms with Gasteiger partial charge >= 0.3 is 0 Å². The highest BCUT2D eigenvalue weighted by Gasteiger charge is 2.50. The Morgan fingerprint density at radius 3 is 2.67 bits per heavy atom. The number of nitrogens with one attached hydrogen (secondary N) is 2. The van der Waals surface area contributed by atoms with Crippen LogP contribution in [0.3, 0.4) is 0 Å². The maximum absolute atomic E-state index is 12.0. The van der Waals surface area contributed by atoms with E-state index in [-0.39, 0.29) is 29.5 Å². The lowest BCUT2D eigenvalue weighted by Gasteiger charge is -2.37. The van der Waals surface area contributed by atoms with E-state index in [2.05, 4.69) is 44.5 Å². The maximum Gasteiger partial charge on any atom is 0.273 e. The second kappa shape index (κ2) is 5.37. The largest absolute Gasteiger partial charge is 0.414 e. The number of hydrogen-bond acceptors (Lipinski definition) is 4. The third-order valence-corrected chi connectivity index (χ3v) is 9.24. The molecule has 2 aliphatic rings. The molecule has 2 atom stereocenters. The Morgan fingerprint density at radius 2 is 2.05 bits per heavy atom. The number of rotatable bonds is 3. The molecule has 2 N–H and O–H groups in total. The minimum absolute atomic E-state index is 0.0229. The Hall–Kier alpha value is -0.923. The number of piperazine rings is 1. The SMILES string of the molecule is CC(C)(C)[Si](C)(C)OC[C@@H]1CC[C@]2(NC(=O)CNC2=O)O1. The standard InChI is InChI=1S/C14H26N2O4Si/c1-13(2,3)21(4,5)19-9-10-6-7-14(20-10)12(18)15-8-11(17)16-14/h10H,6-9H2,1-5H3,(H,15,18)(H,16,17)/t10-,14-/m0/s1. The summed E-state index contributed by atoms with van der Waals surface area (Å²) < 4.78 is 12.0. The van der Waals surface area contributed by atoms with Gasteiger partial charge in [0, 0.05) is 6.42 Å². The van der Waals surface area contributed by atoms with E-state index >= 15 is 0 Å². The molecule has 2 amide bonds. The first-order valence-corrected chi connectivity index (χ1v) is 10.4. The normalized spacial score (nSPS) is 30.4. The van der Waals surface area contributed by atoms with E-state index in [0.717, 1.165) is 0 Å². The molecule has 0 unspecified atom stereocenters. The topological polar surface area (TPSA) is 76.7 Å². The van der Waals surface area contributed by atoms with Gasteiger partial charge in [0.25, 0.3) is 5.91 Å². The minimum atomic E-state index is -1.83. The fourth-order valence-corrected chi connectivity index (χ4v) is 3.33. The number of hydrogen-bond donors (Lipinski definition) is 2. The van der Waals surface area contributed by atoms with Gasteiger partial charge in [0.05, 0.1) is 19.3 Å². The van der Waals surface area contributed by atoms with Crippen LogP contribution in [-0.4, -0.2) is 45.1 Å². The van der Waals surface area contributed by atoms with Gasteiger partial charge in [0.1, 0.15) is 0 Å². The van der Waals surface area contributed by atoms with Gasteiger partial charge in [0.2, 0.25) is 11.6 Å². The summed E-state index contributed by atoms with van der Waals surface area (Å²) >= 11 is 0. The third kappa shape index (κ3) is 3.30. The van der Waals surface area contributed by atoms with E-state index in [9.17, 15) is 9.59 Å². The first-order chi connectivity index (χ1) is 9.56. The van der Waals surface area contributed by atoms with Crippen LogP contribution in [0, 0.1) is 0 Å². The summed E-state index contributed by atoms with van der Waals surface area (Å²) in [5, 5.41) is 5.39. The van der Waals surface area contributed by atoms with Gasteiger partial charge in [0.15, 0.2) is 8.32 Å². The van der Waals surface area contributed by atoms with Crippen molar-refractivity contribution in [3.05, 3.63) is 0 Å². The van der Waals surface area contributed by atoms with Crippen LogP contribution in [0.5, 0.6) is 0 Å². The Labute approximate surface area is 127 Å². The molecule has 2 fully saturated rings. The molecule has 0 aromatic heterocycles. The van der Waals surface area contributed by atoms with Gasteiger partial charge < -0.3 is 19.8 Å². The quantitative estimate of drug-likeness (QED) is 0.766. The summed E-state index contributed by atoms with van der Waals surface area (Å²) in [6, 6.07) is 0. The van der Waals surface area contributed by atoms with Crippen LogP contribution in [0.4, 0.5) is 0 Å². The Kier molecular flexibility index (Phi) is 4.20. The van der Waals surface area contributed by atoms with E-state index in [1.807, 2.05) is 0 Å². The zero-order valence-corrected chi connectivity index (χ0v) is 14.5. The highest BCUT2D eigenvalue weighted by Crippen LogP contribution is 2.37. The van der Waals surface area contributed by atoms with Crippen molar-refractivity contribution in [3.63, 3.8) is 0 Å². The highest BCUT2D eigenvalue weighted by atomic mass is 28.4. The van der Waals surface area contributed by atoms with Gasteiger partial charge in [-0.05, 0) is 24.6 Å². The second-order valence-corrected chi connectivity index (χ2v) is 12.2. The van der Waals surface area contributed by atoms with Crippen molar-refractivity contribution in [3.8, 4) is 0 Å². The van der Waals surface area contributed by atoms with Crippen molar-refractivity contribution in [1.82, 2.24) is 10.6 Å². The Balaban J connectivity index is 1.94. The van der Waals surface area contributed by atoms with Crippen molar-refractivity contribution >= 4 is 20.1 Å². The molecule has 0 aromatic rings. The Bertz CT molecular complexity index is 447. The fourth-order valence-electron chi connectivity index (χ4n) is 2.29. The van der Waals surface area contributed by atoms with Crippen molar-refractivity contribution in [1.29, 1.82) is 0 Å². The molecule has 0 aliphatic carbocycles.